The first-order chi connectivity index (χ1) is 11.6. The highest BCUT2D eigenvalue weighted by Crippen LogP contribution is 2.22. The average Bonchev–Trinajstić information content (AvgIpc) is 2.61. The van der Waals surface area contributed by atoms with Crippen LogP contribution in [0.1, 0.15) is 39.0 Å². The Morgan fingerprint density at radius 1 is 1.12 bits per heavy atom. The van der Waals surface area contributed by atoms with Crippen LogP contribution in [-0.4, -0.2) is 42.6 Å². The predicted octanol–water partition coefficient (Wildman–Crippen LogP) is 3.55. The lowest BCUT2D eigenvalue weighted by Crippen LogP contribution is -2.43. The molecule has 0 heterocycles. The van der Waals surface area contributed by atoms with Crippen LogP contribution in [0.4, 0.5) is 0 Å². The minimum Gasteiger partial charge on any atom is -0.482 e. The lowest BCUT2D eigenvalue weighted by molar-refractivity contribution is -0.154. The molecule has 6 heteroatoms. The van der Waals surface area contributed by atoms with Gasteiger partial charge >= 0.3 is 5.97 Å². The van der Waals surface area contributed by atoms with Gasteiger partial charge in [-0.25, -0.2) is 4.79 Å². The zero-order valence-corrected chi connectivity index (χ0v) is 15.6. The lowest BCUT2D eigenvalue weighted by atomic mass is 9.94. The second-order valence-corrected chi connectivity index (χ2v) is 6.79. The summed E-state index contributed by atoms with van der Waals surface area (Å²) in [7, 11) is 0. The van der Waals surface area contributed by atoms with Crippen LogP contribution in [0.3, 0.4) is 0 Å². The smallest absolute Gasteiger partial charge is 0.344 e. The Morgan fingerprint density at radius 2 is 1.79 bits per heavy atom. The molecule has 0 atom stereocenters. The van der Waals surface area contributed by atoms with E-state index in [0.717, 1.165) is 30.2 Å². The molecule has 1 aromatic carbocycles. The second kappa shape index (κ2) is 9.67. The third-order valence-corrected chi connectivity index (χ3v) is 4.73. The molecule has 0 radical (unpaired) electrons. The molecule has 0 aliphatic heterocycles. The molecule has 1 aliphatic rings. The Labute approximate surface area is 151 Å². The van der Waals surface area contributed by atoms with Crippen molar-refractivity contribution in [3.63, 3.8) is 0 Å². The molecular formula is C18H24BrNO4. The number of likely N-dealkylation sites (N-methyl/N-ethyl adjacent to an activating group) is 1. The van der Waals surface area contributed by atoms with Crippen molar-refractivity contribution in [1.29, 1.82) is 0 Å². The van der Waals surface area contributed by atoms with Gasteiger partial charge in [0, 0.05) is 17.1 Å². The van der Waals surface area contributed by atoms with E-state index < -0.39 is 5.97 Å². The molecule has 1 aromatic rings. The molecule has 1 fully saturated rings. The van der Waals surface area contributed by atoms with Crippen molar-refractivity contribution in [2.75, 3.05) is 19.8 Å². The first-order valence-electron chi connectivity index (χ1n) is 8.43. The fourth-order valence-electron chi connectivity index (χ4n) is 2.97. The molecular weight excluding hydrogens is 374 g/mol. The van der Waals surface area contributed by atoms with E-state index in [-0.39, 0.29) is 25.2 Å². The van der Waals surface area contributed by atoms with E-state index in [1.807, 2.05) is 24.0 Å². The van der Waals surface area contributed by atoms with Crippen LogP contribution in [0.2, 0.25) is 0 Å². The van der Waals surface area contributed by atoms with Crippen molar-refractivity contribution >= 4 is 27.8 Å². The first kappa shape index (κ1) is 18.8. The van der Waals surface area contributed by atoms with E-state index in [4.69, 9.17) is 9.47 Å². The molecule has 0 unspecified atom stereocenters. The number of benzene rings is 1. The highest BCUT2D eigenvalue weighted by molar-refractivity contribution is 9.10. The van der Waals surface area contributed by atoms with Gasteiger partial charge in [-0.15, -0.1) is 0 Å². The van der Waals surface area contributed by atoms with E-state index in [0.29, 0.717) is 12.3 Å². The fraction of sp³-hybridized carbons (Fsp3) is 0.556. The SMILES string of the molecule is CCN(C(=O)COC(=O)COc1ccc(Br)cc1)C1CCCCC1. The minimum atomic E-state index is -0.536. The Hall–Kier alpha value is -1.56. The molecule has 0 spiro atoms. The Morgan fingerprint density at radius 3 is 2.42 bits per heavy atom. The number of hydrogen-bond donors (Lipinski definition) is 0. The van der Waals surface area contributed by atoms with Crippen molar-refractivity contribution in [3.8, 4) is 5.75 Å². The van der Waals surface area contributed by atoms with Crippen molar-refractivity contribution in [2.24, 2.45) is 0 Å². The van der Waals surface area contributed by atoms with Crippen LogP contribution in [0.5, 0.6) is 5.75 Å². The number of hydrogen-bond acceptors (Lipinski definition) is 4. The number of rotatable bonds is 7. The molecule has 132 valence electrons. The maximum Gasteiger partial charge on any atom is 0.344 e. The maximum atomic E-state index is 12.3. The highest BCUT2D eigenvalue weighted by atomic mass is 79.9. The van der Waals surface area contributed by atoms with E-state index in [9.17, 15) is 9.59 Å². The van der Waals surface area contributed by atoms with Crippen molar-refractivity contribution < 1.29 is 19.1 Å². The highest BCUT2D eigenvalue weighted by Gasteiger charge is 2.24. The molecule has 5 nitrogen and oxygen atoms in total. The van der Waals surface area contributed by atoms with Gasteiger partial charge in [0.25, 0.3) is 5.91 Å². The van der Waals surface area contributed by atoms with Crippen LogP contribution in [0, 0.1) is 0 Å². The normalized spacial score (nSPS) is 14.9. The number of halogens is 1. The zero-order valence-electron chi connectivity index (χ0n) is 14.0. The molecule has 24 heavy (non-hydrogen) atoms. The minimum absolute atomic E-state index is 0.124. The van der Waals surface area contributed by atoms with Crippen molar-refractivity contribution in [2.45, 2.75) is 45.1 Å². The van der Waals surface area contributed by atoms with Crippen molar-refractivity contribution in [1.82, 2.24) is 4.90 Å². The number of amides is 1. The molecule has 0 saturated heterocycles. The number of carbonyl (C=O) groups excluding carboxylic acids is 2. The van der Waals surface area contributed by atoms with Gasteiger partial charge < -0.3 is 14.4 Å². The van der Waals surface area contributed by atoms with E-state index in [1.54, 1.807) is 12.1 Å². The summed E-state index contributed by atoms with van der Waals surface area (Å²) in [6.45, 7) is 2.19. The zero-order chi connectivity index (χ0) is 17.4. The van der Waals surface area contributed by atoms with Crippen LogP contribution in [0.25, 0.3) is 0 Å². The van der Waals surface area contributed by atoms with E-state index in [1.165, 1.54) is 6.42 Å². The summed E-state index contributed by atoms with van der Waals surface area (Å²) >= 11 is 3.33. The number of nitrogens with zero attached hydrogens (tertiary/aromatic N) is 1. The van der Waals surface area contributed by atoms with Gasteiger partial charge in [-0.05, 0) is 44.0 Å². The average molecular weight is 398 g/mol. The summed E-state index contributed by atoms with van der Waals surface area (Å²) < 4.78 is 11.3. The molecule has 0 bridgehead atoms. The fourth-order valence-corrected chi connectivity index (χ4v) is 3.24. The van der Waals surface area contributed by atoms with Gasteiger partial charge in [-0.1, -0.05) is 35.2 Å². The van der Waals surface area contributed by atoms with Gasteiger partial charge in [0.2, 0.25) is 0 Å². The monoisotopic (exact) mass is 397 g/mol. The van der Waals surface area contributed by atoms with Crippen LogP contribution in [0.15, 0.2) is 28.7 Å². The van der Waals surface area contributed by atoms with E-state index >= 15 is 0 Å². The summed E-state index contributed by atoms with van der Waals surface area (Å²) in [5, 5.41) is 0. The largest absolute Gasteiger partial charge is 0.482 e. The molecule has 1 saturated carbocycles. The summed E-state index contributed by atoms with van der Waals surface area (Å²) in [5.74, 6) is -0.0776. The topological polar surface area (TPSA) is 55.8 Å². The molecule has 0 N–H and O–H groups in total. The van der Waals surface area contributed by atoms with Gasteiger partial charge in [0.05, 0.1) is 0 Å². The van der Waals surface area contributed by atoms with Crippen LogP contribution >= 0.6 is 15.9 Å². The van der Waals surface area contributed by atoms with Gasteiger partial charge in [0.15, 0.2) is 13.2 Å². The van der Waals surface area contributed by atoms with Crippen LogP contribution < -0.4 is 4.74 Å². The summed E-state index contributed by atoms with van der Waals surface area (Å²) in [6.07, 6.45) is 5.65. The predicted molar refractivity (Wildman–Crippen MR) is 94.9 cm³/mol. The molecule has 1 aliphatic carbocycles. The quantitative estimate of drug-likeness (QED) is 0.660. The first-order valence-corrected chi connectivity index (χ1v) is 9.23. The molecule has 1 amide bonds. The maximum absolute atomic E-state index is 12.3. The van der Waals surface area contributed by atoms with Gasteiger partial charge in [0.1, 0.15) is 5.75 Å². The summed E-state index contributed by atoms with van der Waals surface area (Å²) in [4.78, 5) is 25.9. The Balaban J connectivity index is 1.73. The number of carbonyl (C=O) groups is 2. The van der Waals surface area contributed by atoms with Gasteiger partial charge in [-0.3, -0.25) is 4.79 Å². The van der Waals surface area contributed by atoms with Crippen molar-refractivity contribution in [3.05, 3.63) is 28.7 Å². The molecule has 2 rings (SSSR count). The number of esters is 1. The van der Waals surface area contributed by atoms with Gasteiger partial charge in [-0.2, -0.15) is 0 Å². The van der Waals surface area contributed by atoms with E-state index in [2.05, 4.69) is 15.9 Å². The third-order valence-electron chi connectivity index (χ3n) is 4.20. The summed E-state index contributed by atoms with van der Waals surface area (Å²) in [5.41, 5.74) is 0. The third kappa shape index (κ3) is 5.82. The Bertz CT molecular complexity index is 540. The molecule has 0 aromatic heterocycles. The lowest BCUT2D eigenvalue weighted by Gasteiger charge is -2.33. The second-order valence-electron chi connectivity index (χ2n) is 5.87. The Kier molecular flexibility index (Phi) is 7.56. The summed E-state index contributed by atoms with van der Waals surface area (Å²) in [6, 6.07) is 7.45. The van der Waals surface area contributed by atoms with Crippen LogP contribution in [-0.2, 0) is 14.3 Å². The standard InChI is InChI=1S/C18H24BrNO4/c1-2-20(15-6-4-3-5-7-15)17(21)12-24-18(22)13-23-16-10-8-14(19)9-11-16/h8-11,15H,2-7,12-13H2,1H3. The number of ether oxygens (including phenoxy) is 2.